The van der Waals surface area contributed by atoms with E-state index in [1.54, 1.807) is 69.1 Å². The van der Waals surface area contributed by atoms with Gasteiger partial charge in [-0.3, -0.25) is 24.1 Å². The Labute approximate surface area is 502 Å². The van der Waals surface area contributed by atoms with Crippen molar-refractivity contribution in [3.8, 4) is 17.3 Å². The van der Waals surface area contributed by atoms with E-state index in [1.807, 2.05) is 55.7 Å². The highest BCUT2D eigenvalue weighted by Gasteiger charge is 2.44. The standard InChI is InChI=1S/C65H81F2N11O8/c1-42(76(8)63(83)86-65(5,6)7)59(79)73-57(64(2,3)4)62(82)78-40-46-36-48(28-27-44(46)37-55(78)61(81)72-53-26-16-20-43-19-11-12-23-49(43)53)85-34-14-10-9-13-32-84-33-18-31-77-56(74-75-58(77)54-29-30-68-41-71-54)39-69-47-22-15-21-45(35-47)60(80)70-38-50-51(66)24-17-25-52(50)67/h11-12,15,17,19,21-25,27-30,35-36,41-42,53,55,57,69H,9-10,13-14,16,18,20,26,31-34,37-40H2,1-8H3,(H,70,80)(H,72,81)(H,73,79)/t42-,53+,55-,57?/m0/s1. The molecule has 2 aromatic heterocycles. The van der Waals surface area contributed by atoms with Gasteiger partial charge in [0.05, 0.1) is 19.2 Å². The molecule has 8 rings (SSSR count). The SMILES string of the molecule is C[C@@H](C(=O)NC(C(=O)N1Cc2cc(OCCCCCCOCCCn3c(CNc4cccc(C(=O)NCc5c(F)cccc5F)c4)nnc3-c3ccncn3)ccc2C[C@H]1C(=O)N[C@@H]1CCCc2ccccc21)C(C)(C)C)N(C)C(=O)OC(C)(C)C. The van der Waals surface area contributed by atoms with E-state index in [0.29, 0.717) is 67.1 Å². The first-order chi connectivity index (χ1) is 41.1. The molecule has 1 aliphatic heterocycles. The highest BCUT2D eigenvalue weighted by atomic mass is 19.1. The third kappa shape index (κ3) is 17.0. The fraction of sp³-hybridized carbons (Fsp3) is 0.462. The molecule has 86 heavy (non-hydrogen) atoms. The fourth-order valence-corrected chi connectivity index (χ4v) is 10.5. The van der Waals surface area contributed by atoms with Gasteiger partial charge >= 0.3 is 6.09 Å². The lowest BCUT2D eigenvalue weighted by Gasteiger charge is -2.42. The maximum Gasteiger partial charge on any atom is 0.410 e. The first kappa shape index (κ1) is 63.7. The minimum absolute atomic E-state index is 0.118. The molecule has 1 aliphatic carbocycles. The number of carbonyl (C=O) groups is 5. The zero-order valence-electron chi connectivity index (χ0n) is 50.6. The molecule has 2 aliphatic rings. The van der Waals surface area contributed by atoms with Crippen LogP contribution >= 0.6 is 0 Å². The summed E-state index contributed by atoms with van der Waals surface area (Å²) in [5.41, 5.74) is 3.86. The average Bonchev–Trinajstić information content (AvgIpc) is 3.58. The van der Waals surface area contributed by atoms with Gasteiger partial charge in [0.15, 0.2) is 11.6 Å². The molecule has 0 saturated carbocycles. The molecule has 0 fully saturated rings. The number of nitrogens with one attached hydrogen (secondary N) is 4. The van der Waals surface area contributed by atoms with Crippen molar-refractivity contribution in [2.45, 2.75) is 162 Å². The molecule has 6 aromatic rings. The van der Waals surface area contributed by atoms with Crippen LogP contribution in [-0.2, 0) is 62.9 Å². The number of fused-ring (bicyclic) bond motifs is 2. The number of ether oxygens (including phenoxy) is 3. The first-order valence-corrected chi connectivity index (χ1v) is 29.7. The molecule has 0 spiro atoms. The van der Waals surface area contributed by atoms with Crippen LogP contribution in [0.15, 0.2) is 104 Å². The summed E-state index contributed by atoms with van der Waals surface area (Å²) < 4.78 is 48.2. The number of anilines is 1. The van der Waals surface area contributed by atoms with Gasteiger partial charge in [0.25, 0.3) is 5.91 Å². The summed E-state index contributed by atoms with van der Waals surface area (Å²) in [5, 5.41) is 21.1. The Balaban J connectivity index is 0.820. The van der Waals surface area contributed by atoms with Crippen LogP contribution in [-0.4, -0.2) is 115 Å². The van der Waals surface area contributed by atoms with Crippen LogP contribution in [0.5, 0.6) is 5.75 Å². The Morgan fingerprint density at radius 2 is 1.55 bits per heavy atom. The van der Waals surface area contributed by atoms with Crippen molar-refractivity contribution in [3.63, 3.8) is 0 Å². The molecule has 0 radical (unpaired) electrons. The summed E-state index contributed by atoms with van der Waals surface area (Å²) in [6.07, 6.45) is 9.55. The van der Waals surface area contributed by atoms with Crippen LogP contribution in [0.4, 0.5) is 19.3 Å². The Morgan fingerprint density at radius 3 is 2.29 bits per heavy atom. The number of halogens is 2. The van der Waals surface area contributed by atoms with E-state index in [0.717, 1.165) is 73.8 Å². The molecule has 21 heteroatoms. The van der Waals surface area contributed by atoms with Gasteiger partial charge in [0.1, 0.15) is 53.1 Å². The van der Waals surface area contributed by atoms with Crippen LogP contribution in [0.2, 0.25) is 0 Å². The van der Waals surface area contributed by atoms with Gasteiger partial charge < -0.3 is 44.9 Å². The minimum Gasteiger partial charge on any atom is -0.494 e. The topological polar surface area (TPSA) is 224 Å². The number of likely N-dealkylation sites (N-methyl/N-ethyl adjacent to an activating group) is 1. The summed E-state index contributed by atoms with van der Waals surface area (Å²) >= 11 is 0. The van der Waals surface area contributed by atoms with E-state index in [4.69, 9.17) is 14.2 Å². The van der Waals surface area contributed by atoms with E-state index in [9.17, 15) is 28.0 Å². The highest BCUT2D eigenvalue weighted by molar-refractivity contribution is 5.96. The van der Waals surface area contributed by atoms with Crippen molar-refractivity contribution < 1.29 is 47.0 Å². The molecule has 4 atom stereocenters. The summed E-state index contributed by atoms with van der Waals surface area (Å²) in [7, 11) is 1.49. The third-order valence-electron chi connectivity index (χ3n) is 15.4. The molecular weight excluding hydrogens is 1100 g/mol. The van der Waals surface area contributed by atoms with E-state index in [-0.39, 0.29) is 43.6 Å². The Morgan fingerprint density at radius 1 is 0.802 bits per heavy atom. The second-order valence-corrected chi connectivity index (χ2v) is 24.1. The molecule has 4 N–H and O–H groups in total. The molecular formula is C65H81F2N11O8. The minimum atomic E-state index is -1.05. The van der Waals surface area contributed by atoms with Gasteiger partial charge in [-0.2, -0.15) is 0 Å². The number of carbonyl (C=O) groups excluding carboxylic acids is 5. The van der Waals surface area contributed by atoms with Crippen molar-refractivity contribution in [2.75, 3.05) is 32.2 Å². The molecule has 0 saturated heterocycles. The van der Waals surface area contributed by atoms with Crippen molar-refractivity contribution in [1.82, 2.24) is 50.5 Å². The van der Waals surface area contributed by atoms with Crippen LogP contribution in [0, 0.1) is 17.0 Å². The van der Waals surface area contributed by atoms with E-state index in [2.05, 4.69) is 53.6 Å². The number of amides is 5. The van der Waals surface area contributed by atoms with E-state index in [1.165, 1.54) is 29.9 Å². The number of benzene rings is 4. The van der Waals surface area contributed by atoms with Gasteiger partial charge in [-0.25, -0.2) is 23.5 Å². The molecule has 19 nitrogen and oxygen atoms in total. The van der Waals surface area contributed by atoms with Crippen LogP contribution in [0.1, 0.15) is 143 Å². The summed E-state index contributed by atoms with van der Waals surface area (Å²) in [5.74, 6) is -1.28. The number of aromatic nitrogens is 5. The fourth-order valence-electron chi connectivity index (χ4n) is 10.5. The van der Waals surface area contributed by atoms with Gasteiger partial charge in [-0.05, 0) is 149 Å². The number of hydrogen-bond acceptors (Lipinski definition) is 13. The Bertz CT molecular complexity index is 3290. The predicted molar refractivity (Wildman–Crippen MR) is 321 cm³/mol. The Hall–Kier alpha value is -8.33. The molecule has 0 bridgehead atoms. The van der Waals surface area contributed by atoms with Crippen molar-refractivity contribution in [1.29, 1.82) is 0 Å². The lowest BCUT2D eigenvalue weighted by atomic mass is 9.83. The number of nitrogens with zero attached hydrogens (tertiary/aromatic N) is 7. The normalized spacial score (nSPS) is 15.5. The Kier molecular flexibility index (Phi) is 21.6. The van der Waals surface area contributed by atoms with Gasteiger partial charge in [0.2, 0.25) is 17.7 Å². The lowest BCUT2D eigenvalue weighted by Crippen LogP contribution is -2.62. The largest absolute Gasteiger partial charge is 0.494 e. The lowest BCUT2D eigenvalue weighted by molar-refractivity contribution is -0.147. The van der Waals surface area contributed by atoms with Gasteiger partial charge in [-0.15, -0.1) is 10.2 Å². The maximum atomic E-state index is 15.1. The molecule has 1 unspecified atom stereocenters. The zero-order valence-corrected chi connectivity index (χ0v) is 50.6. The second kappa shape index (κ2) is 29.2. The average molecular weight is 1180 g/mol. The zero-order chi connectivity index (χ0) is 61.5. The quantitative estimate of drug-likeness (QED) is 0.0392. The predicted octanol–water partition coefficient (Wildman–Crippen LogP) is 9.83. The van der Waals surface area contributed by atoms with E-state index < -0.39 is 64.6 Å². The third-order valence-corrected chi connectivity index (χ3v) is 15.4. The monoisotopic (exact) mass is 1180 g/mol. The number of aryl methyl sites for hydroxylation is 1. The van der Waals surface area contributed by atoms with Crippen molar-refractivity contribution >= 4 is 35.4 Å². The van der Waals surface area contributed by atoms with Crippen LogP contribution in [0.25, 0.3) is 11.5 Å². The molecule has 4 aromatic carbocycles. The smallest absolute Gasteiger partial charge is 0.410 e. The summed E-state index contributed by atoms with van der Waals surface area (Å²) in [6, 6.07) is 23.0. The van der Waals surface area contributed by atoms with Crippen molar-refractivity contribution in [2.24, 2.45) is 5.41 Å². The maximum absolute atomic E-state index is 15.1. The van der Waals surface area contributed by atoms with E-state index >= 15 is 4.79 Å². The second-order valence-electron chi connectivity index (χ2n) is 24.1. The number of rotatable bonds is 25. The van der Waals surface area contributed by atoms with Gasteiger partial charge in [0, 0.05) is 69.3 Å². The number of hydrogen-bond donors (Lipinski definition) is 4. The highest BCUT2D eigenvalue weighted by Crippen LogP contribution is 2.34. The summed E-state index contributed by atoms with van der Waals surface area (Å²) in [4.78, 5) is 80.8. The van der Waals surface area contributed by atoms with Crippen LogP contribution in [0.3, 0.4) is 0 Å². The van der Waals surface area contributed by atoms with Crippen molar-refractivity contribution in [3.05, 3.63) is 154 Å². The van der Waals surface area contributed by atoms with Gasteiger partial charge in [-0.1, -0.05) is 69.7 Å². The first-order valence-electron chi connectivity index (χ1n) is 29.7. The molecule has 3 heterocycles. The molecule has 458 valence electrons. The van der Waals surface area contributed by atoms with Crippen LogP contribution < -0.4 is 26.0 Å². The molecule has 5 amide bonds. The summed E-state index contributed by atoms with van der Waals surface area (Å²) in [6.45, 7) is 14.6. The number of unbranched alkanes of at least 4 members (excludes halogenated alkanes) is 3.